The summed E-state index contributed by atoms with van der Waals surface area (Å²) in [4.78, 5) is 7.88. The number of aromatic nitrogens is 2. The van der Waals surface area contributed by atoms with Gasteiger partial charge in [0.15, 0.2) is 4.60 Å². The maximum absolute atomic E-state index is 4.89. The molecule has 0 atom stereocenters. The van der Waals surface area contributed by atoms with E-state index in [1.54, 1.807) is 0 Å². The molecule has 0 aliphatic rings. The third-order valence-electron chi connectivity index (χ3n) is 1.08. The molecule has 4 nitrogen and oxygen atoms in total. The van der Waals surface area contributed by atoms with Crippen molar-refractivity contribution >= 4 is 15.9 Å². The van der Waals surface area contributed by atoms with E-state index in [2.05, 4.69) is 25.9 Å². The van der Waals surface area contributed by atoms with Crippen LogP contribution in [0.3, 0.4) is 0 Å². The van der Waals surface area contributed by atoms with E-state index < -0.39 is 0 Å². The summed E-state index contributed by atoms with van der Waals surface area (Å²) in [5, 5.41) is 0. The van der Waals surface area contributed by atoms with Crippen LogP contribution in [0.2, 0.25) is 0 Å². The fourth-order valence-electron chi connectivity index (χ4n) is 0.570. The Hall–Kier alpha value is -0.840. The molecular formula is C6H7BrN2O2. The van der Waals surface area contributed by atoms with E-state index in [4.69, 9.17) is 9.47 Å². The maximum atomic E-state index is 4.89. The van der Waals surface area contributed by atoms with Gasteiger partial charge in [-0.1, -0.05) is 0 Å². The zero-order valence-electron chi connectivity index (χ0n) is 6.17. The molecule has 1 rings (SSSR count). The van der Waals surface area contributed by atoms with E-state index in [0.29, 0.717) is 16.4 Å². The van der Waals surface area contributed by atoms with E-state index in [9.17, 15) is 0 Å². The minimum absolute atomic E-state index is 0.421. The number of halogens is 1. The molecule has 0 aromatic carbocycles. The molecular weight excluding hydrogens is 212 g/mol. The van der Waals surface area contributed by atoms with Crippen LogP contribution in [-0.4, -0.2) is 24.2 Å². The van der Waals surface area contributed by atoms with Gasteiger partial charge in [0, 0.05) is 0 Å². The van der Waals surface area contributed by atoms with Crippen molar-refractivity contribution in [1.82, 2.24) is 9.97 Å². The van der Waals surface area contributed by atoms with E-state index in [1.807, 2.05) is 0 Å². The molecule has 0 aliphatic carbocycles. The van der Waals surface area contributed by atoms with Crippen LogP contribution in [0.5, 0.6) is 11.8 Å². The van der Waals surface area contributed by atoms with Crippen LogP contribution in [0.1, 0.15) is 0 Å². The zero-order valence-corrected chi connectivity index (χ0v) is 7.75. The van der Waals surface area contributed by atoms with Crippen molar-refractivity contribution in [2.75, 3.05) is 14.2 Å². The molecule has 0 unspecified atom stereocenters. The second kappa shape index (κ2) is 3.52. The Morgan fingerprint density at radius 1 is 1.36 bits per heavy atom. The second-order valence-electron chi connectivity index (χ2n) is 1.71. The summed E-state index contributed by atoms with van der Waals surface area (Å²) in [6.07, 6.45) is 1.51. The van der Waals surface area contributed by atoms with Crippen LogP contribution in [0.15, 0.2) is 10.8 Å². The quantitative estimate of drug-likeness (QED) is 0.750. The lowest BCUT2D eigenvalue weighted by molar-refractivity contribution is 0.358. The van der Waals surface area contributed by atoms with Crippen molar-refractivity contribution in [3.63, 3.8) is 0 Å². The summed E-state index contributed by atoms with van der Waals surface area (Å²) in [6, 6.07) is 0. The summed E-state index contributed by atoms with van der Waals surface area (Å²) >= 11 is 3.17. The van der Waals surface area contributed by atoms with E-state index in [-0.39, 0.29) is 0 Å². The van der Waals surface area contributed by atoms with Gasteiger partial charge in [0.1, 0.15) is 0 Å². The first-order chi connectivity index (χ1) is 5.27. The Morgan fingerprint density at radius 2 is 2.09 bits per heavy atom. The van der Waals surface area contributed by atoms with Crippen molar-refractivity contribution in [1.29, 1.82) is 0 Å². The van der Waals surface area contributed by atoms with E-state index >= 15 is 0 Å². The van der Waals surface area contributed by atoms with E-state index in [1.165, 1.54) is 20.4 Å². The van der Waals surface area contributed by atoms with Crippen molar-refractivity contribution in [3.8, 4) is 11.8 Å². The van der Waals surface area contributed by atoms with Crippen LogP contribution >= 0.6 is 15.9 Å². The largest absolute Gasteiger partial charge is 0.480 e. The first kappa shape index (κ1) is 8.26. The first-order valence-electron chi connectivity index (χ1n) is 2.88. The highest BCUT2D eigenvalue weighted by molar-refractivity contribution is 9.10. The average molecular weight is 219 g/mol. The molecule has 0 saturated carbocycles. The van der Waals surface area contributed by atoms with Gasteiger partial charge >= 0.3 is 0 Å². The molecule has 0 radical (unpaired) electrons. The van der Waals surface area contributed by atoms with Crippen LogP contribution < -0.4 is 9.47 Å². The van der Waals surface area contributed by atoms with Gasteiger partial charge in [-0.15, -0.1) is 0 Å². The lowest BCUT2D eigenvalue weighted by Gasteiger charge is -2.02. The molecule has 0 amide bonds. The SMILES string of the molecule is COc1cnc(Br)c(OC)n1. The Morgan fingerprint density at radius 3 is 2.64 bits per heavy atom. The average Bonchev–Trinajstić information content (AvgIpc) is 2.05. The van der Waals surface area contributed by atoms with Crippen LogP contribution in [0, 0.1) is 0 Å². The molecule has 1 aromatic heterocycles. The van der Waals surface area contributed by atoms with Crippen molar-refractivity contribution in [2.45, 2.75) is 0 Å². The van der Waals surface area contributed by atoms with Crippen molar-refractivity contribution < 1.29 is 9.47 Å². The number of methoxy groups -OCH3 is 2. The molecule has 11 heavy (non-hydrogen) atoms. The molecule has 0 bridgehead atoms. The molecule has 60 valence electrons. The number of rotatable bonds is 2. The Balaban J connectivity index is 3.02. The smallest absolute Gasteiger partial charge is 0.250 e. The lowest BCUT2D eigenvalue weighted by Crippen LogP contribution is -1.94. The standard InChI is InChI=1S/C6H7BrN2O2/c1-10-4-3-8-5(7)6(9-4)11-2/h3H,1-2H3. The molecule has 0 saturated heterocycles. The second-order valence-corrected chi connectivity index (χ2v) is 2.46. The van der Waals surface area contributed by atoms with Gasteiger partial charge in [-0.2, -0.15) is 4.98 Å². The molecule has 1 aromatic rings. The Labute approximate surface area is 72.7 Å². The highest BCUT2D eigenvalue weighted by Gasteiger charge is 2.03. The summed E-state index contributed by atoms with van der Waals surface area (Å²) in [5.74, 6) is 0.856. The molecule has 5 heteroatoms. The van der Waals surface area contributed by atoms with Gasteiger partial charge in [0.2, 0.25) is 11.8 Å². The van der Waals surface area contributed by atoms with Gasteiger partial charge in [0.25, 0.3) is 0 Å². The summed E-state index contributed by atoms with van der Waals surface area (Å²) in [5.41, 5.74) is 0. The first-order valence-corrected chi connectivity index (χ1v) is 3.67. The number of ether oxygens (including phenoxy) is 2. The lowest BCUT2D eigenvalue weighted by atomic mass is 10.7. The molecule has 0 fully saturated rings. The third-order valence-corrected chi connectivity index (χ3v) is 1.62. The molecule has 1 heterocycles. The zero-order chi connectivity index (χ0) is 8.27. The summed E-state index contributed by atoms with van der Waals surface area (Å²) in [6.45, 7) is 0. The number of nitrogens with zero attached hydrogens (tertiary/aromatic N) is 2. The Bertz CT molecular complexity index is 254. The topological polar surface area (TPSA) is 44.2 Å². The normalized spacial score (nSPS) is 9.36. The van der Waals surface area contributed by atoms with Crippen LogP contribution in [-0.2, 0) is 0 Å². The van der Waals surface area contributed by atoms with Gasteiger partial charge in [-0.05, 0) is 15.9 Å². The molecule has 0 spiro atoms. The maximum Gasteiger partial charge on any atom is 0.250 e. The Kier molecular flexibility index (Phi) is 2.64. The third kappa shape index (κ3) is 1.80. The predicted octanol–water partition coefficient (Wildman–Crippen LogP) is 1.26. The monoisotopic (exact) mass is 218 g/mol. The van der Waals surface area contributed by atoms with Gasteiger partial charge in [0.05, 0.1) is 20.4 Å². The fourth-order valence-corrected chi connectivity index (χ4v) is 0.923. The summed E-state index contributed by atoms with van der Waals surface area (Å²) < 4.78 is 10.3. The molecule has 0 aliphatic heterocycles. The number of hydrogen-bond acceptors (Lipinski definition) is 4. The highest BCUT2D eigenvalue weighted by Crippen LogP contribution is 2.21. The van der Waals surface area contributed by atoms with Crippen molar-refractivity contribution in [3.05, 3.63) is 10.8 Å². The van der Waals surface area contributed by atoms with Gasteiger partial charge in [-0.3, -0.25) is 0 Å². The highest BCUT2D eigenvalue weighted by atomic mass is 79.9. The fraction of sp³-hybridized carbons (Fsp3) is 0.333. The minimum Gasteiger partial charge on any atom is -0.480 e. The van der Waals surface area contributed by atoms with Crippen LogP contribution in [0.4, 0.5) is 0 Å². The van der Waals surface area contributed by atoms with Crippen molar-refractivity contribution in [2.24, 2.45) is 0 Å². The summed E-state index contributed by atoms with van der Waals surface area (Å²) in [7, 11) is 3.05. The van der Waals surface area contributed by atoms with Crippen LogP contribution in [0.25, 0.3) is 0 Å². The van der Waals surface area contributed by atoms with Gasteiger partial charge in [-0.25, -0.2) is 4.98 Å². The van der Waals surface area contributed by atoms with Gasteiger partial charge < -0.3 is 9.47 Å². The number of hydrogen-bond donors (Lipinski definition) is 0. The predicted molar refractivity (Wildman–Crippen MR) is 42.8 cm³/mol. The molecule has 0 N–H and O–H groups in total. The van der Waals surface area contributed by atoms with E-state index in [0.717, 1.165) is 0 Å². The minimum atomic E-state index is 0.421.